The van der Waals surface area contributed by atoms with Crippen molar-refractivity contribution in [2.45, 2.75) is 6.42 Å². The number of rotatable bonds is 7. The molecule has 0 saturated heterocycles. The highest BCUT2D eigenvalue weighted by Crippen LogP contribution is 2.12. The Morgan fingerprint density at radius 2 is 1.74 bits per heavy atom. The quantitative estimate of drug-likeness (QED) is 0.803. The average Bonchev–Trinajstić information content (AvgIpc) is 2.54. The summed E-state index contributed by atoms with van der Waals surface area (Å²) >= 11 is 0. The summed E-state index contributed by atoms with van der Waals surface area (Å²) < 4.78 is 26.8. The van der Waals surface area contributed by atoms with Gasteiger partial charge >= 0.3 is 10.2 Å². The summed E-state index contributed by atoms with van der Waals surface area (Å²) in [6.07, 6.45) is 4.39. The van der Waals surface area contributed by atoms with Crippen molar-refractivity contribution in [3.8, 4) is 0 Å². The molecule has 9 heteroatoms. The Balaban J connectivity index is 1.96. The molecule has 8 nitrogen and oxygen atoms in total. The molecule has 23 heavy (non-hydrogen) atoms. The Kier molecular flexibility index (Phi) is 5.45. The van der Waals surface area contributed by atoms with Crippen LogP contribution in [0.25, 0.3) is 0 Å². The normalized spacial score (nSPS) is 11.5. The largest absolute Gasteiger partial charge is 0.358 e. The first kappa shape index (κ1) is 17.1. The monoisotopic (exact) mass is 336 g/mol. The number of hydrogen-bond acceptors (Lipinski definition) is 6. The predicted octanol–water partition coefficient (Wildman–Crippen LogP) is 0.769. The molecule has 0 radical (unpaired) electrons. The van der Waals surface area contributed by atoms with Crippen molar-refractivity contribution < 1.29 is 8.42 Å². The Morgan fingerprint density at radius 1 is 1.04 bits per heavy atom. The maximum atomic E-state index is 11.7. The summed E-state index contributed by atoms with van der Waals surface area (Å²) in [6, 6.07) is 7.26. The average molecular weight is 336 g/mol. The second kappa shape index (κ2) is 7.34. The van der Waals surface area contributed by atoms with E-state index in [2.05, 4.69) is 19.9 Å². The summed E-state index contributed by atoms with van der Waals surface area (Å²) in [4.78, 5) is 5.94. The van der Waals surface area contributed by atoms with Crippen molar-refractivity contribution in [3.05, 3.63) is 42.2 Å². The van der Waals surface area contributed by atoms with Gasteiger partial charge < -0.3 is 4.90 Å². The van der Waals surface area contributed by atoms with E-state index in [1.165, 1.54) is 19.7 Å². The van der Waals surface area contributed by atoms with Crippen molar-refractivity contribution >= 4 is 21.8 Å². The second-order valence-corrected chi connectivity index (χ2v) is 7.08. The molecule has 0 unspecified atom stereocenters. The molecule has 0 saturated carbocycles. The smallest absolute Gasteiger partial charge is 0.302 e. The van der Waals surface area contributed by atoms with Crippen LogP contribution >= 0.6 is 0 Å². The predicted molar refractivity (Wildman–Crippen MR) is 89.5 cm³/mol. The number of pyridine rings is 1. The van der Waals surface area contributed by atoms with Crippen LogP contribution in [-0.2, 0) is 16.6 Å². The van der Waals surface area contributed by atoms with E-state index in [0.29, 0.717) is 5.82 Å². The van der Waals surface area contributed by atoms with Gasteiger partial charge in [0, 0.05) is 40.1 Å². The molecular formula is C14H20N6O2S. The fourth-order valence-electron chi connectivity index (χ4n) is 1.77. The molecule has 2 aromatic rings. The first-order valence-corrected chi connectivity index (χ1v) is 8.46. The van der Waals surface area contributed by atoms with Crippen molar-refractivity contribution in [1.82, 2.24) is 19.5 Å². The third-order valence-electron chi connectivity index (χ3n) is 3.24. The van der Waals surface area contributed by atoms with Gasteiger partial charge in [0.15, 0.2) is 11.6 Å². The summed E-state index contributed by atoms with van der Waals surface area (Å²) in [5.41, 5.74) is 1.19. The van der Waals surface area contributed by atoms with Gasteiger partial charge in [0.2, 0.25) is 0 Å². The maximum absolute atomic E-state index is 11.7. The zero-order chi connectivity index (χ0) is 16.9. The molecule has 0 spiro atoms. The van der Waals surface area contributed by atoms with Gasteiger partial charge in [-0.3, -0.25) is 9.71 Å². The van der Waals surface area contributed by atoms with Crippen LogP contribution in [-0.4, -0.2) is 55.6 Å². The van der Waals surface area contributed by atoms with E-state index in [4.69, 9.17) is 0 Å². The number of anilines is 2. The van der Waals surface area contributed by atoms with E-state index in [1.807, 2.05) is 24.1 Å². The summed E-state index contributed by atoms with van der Waals surface area (Å²) in [5.74, 6) is 0.858. The summed E-state index contributed by atoms with van der Waals surface area (Å²) in [5, 5.41) is 7.96. The molecule has 0 atom stereocenters. The number of nitrogens with zero attached hydrogens (tertiary/aromatic N) is 5. The Hall–Kier alpha value is -2.26. The van der Waals surface area contributed by atoms with Crippen LogP contribution in [0.3, 0.4) is 0 Å². The van der Waals surface area contributed by atoms with E-state index < -0.39 is 10.2 Å². The Bertz CT molecular complexity index is 719. The van der Waals surface area contributed by atoms with E-state index in [-0.39, 0.29) is 5.82 Å². The molecule has 0 bridgehead atoms. The summed E-state index contributed by atoms with van der Waals surface area (Å²) in [7, 11) is 1.23. The van der Waals surface area contributed by atoms with Crippen LogP contribution in [0, 0.1) is 0 Å². The number of aromatic nitrogens is 3. The Morgan fingerprint density at radius 3 is 2.30 bits per heavy atom. The van der Waals surface area contributed by atoms with Crippen LogP contribution < -0.4 is 9.62 Å². The maximum Gasteiger partial charge on any atom is 0.302 e. The van der Waals surface area contributed by atoms with E-state index >= 15 is 0 Å². The van der Waals surface area contributed by atoms with Crippen molar-refractivity contribution in [2.75, 3.05) is 37.3 Å². The van der Waals surface area contributed by atoms with Crippen molar-refractivity contribution in [2.24, 2.45) is 0 Å². The van der Waals surface area contributed by atoms with E-state index in [0.717, 1.165) is 17.3 Å². The third kappa shape index (κ3) is 4.86. The van der Waals surface area contributed by atoms with Crippen molar-refractivity contribution in [3.63, 3.8) is 0 Å². The molecule has 0 aliphatic heterocycles. The summed E-state index contributed by atoms with van der Waals surface area (Å²) in [6.45, 7) is 0.765. The highest BCUT2D eigenvalue weighted by Gasteiger charge is 2.14. The van der Waals surface area contributed by atoms with E-state index in [9.17, 15) is 8.42 Å². The zero-order valence-corrected chi connectivity index (χ0v) is 14.2. The topological polar surface area (TPSA) is 91.3 Å². The fraction of sp³-hybridized carbons (Fsp3) is 0.357. The van der Waals surface area contributed by atoms with Gasteiger partial charge in [-0.05, 0) is 36.2 Å². The molecule has 124 valence electrons. The molecule has 0 aliphatic rings. The first-order chi connectivity index (χ1) is 10.9. The molecule has 0 fully saturated rings. The molecule has 0 aliphatic carbocycles. The minimum atomic E-state index is -3.57. The van der Waals surface area contributed by atoms with Gasteiger partial charge in [-0.1, -0.05) is 0 Å². The van der Waals surface area contributed by atoms with Gasteiger partial charge in [0.05, 0.1) is 0 Å². The lowest BCUT2D eigenvalue weighted by Crippen LogP contribution is -2.29. The van der Waals surface area contributed by atoms with Gasteiger partial charge in [-0.25, -0.2) is 0 Å². The zero-order valence-electron chi connectivity index (χ0n) is 13.3. The van der Waals surface area contributed by atoms with Gasteiger partial charge in [-0.15, -0.1) is 10.2 Å². The van der Waals surface area contributed by atoms with Crippen molar-refractivity contribution in [1.29, 1.82) is 0 Å². The number of hydrogen-bond donors (Lipinski definition) is 1. The lowest BCUT2D eigenvalue weighted by Gasteiger charge is -2.18. The van der Waals surface area contributed by atoms with Gasteiger partial charge in [0.1, 0.15) is 0 Å². The SMILES string of the molecule is CN(CCc1ccncc1)c1ccc(NS(=O)(=O)N(C)C)nn1. The minimum absolute atomic E-state index is 0.185. The highest BCUT2D eigenvalue weighted by molar-refractivity contribution is 7.90. The van der Waals surface area contributed by atoms with Gasteiger partial charge in [0.25, 0.3) is 0 Å². The van der Waals surface area contributed by atoms with Crippen LogP contribution in [0.15, 0.2) is 36.7 Å². The first-order valence-electron chi connectivity index (χ1n) is 7.02. The molecule has 2 rings (SSSR count). The van der Waals surface area contributed by atoms with Crippen LogP contribution in [0.2, 0.25) is 0 Å². The molecule has 2 aromatic heterocycles. The molecule has 1 N–H and O–H groups in total. The highest BCUT2D eigenvalue weighted by atomic mass is 32.2. The molecule has 0 amide bonds. The van der Waals surface area contributed by atoms with E-state index in [1.54, 1.807) is 24.5 Å². The van der Waals surface area contributed by atoms with Crippen LogP contribution in [0.1, 0.15) is 5.56 Å². The van der Waals surface area contributed by atoms with Crippen LogP contribution in [0.4, 0.5) is 11.6 Å². The minimum Gasteiger partial charge on any atom is -0.358 e. The number of likely N-dealkylation sites (N-methyl/N-ethyl adjacent to an activating group) is 1. The fourth-order valence-corrected chi connectivity index (χ4v) is 2.32. The second-order valence-electron chi connectivity index (χ2n) is 5.19. The van der Waals surface area contributed by atoms with Crippen LogP contribution in [0.5, 0.6) is 0 Å². The molecular weight excluding hydrogens is 316 g/mol. The third-order valence-corrected chi connectivity index (χ3v) is 4.67. The Labute approximate surface area is 136 Å². The lowest BCUT2D eigenvalue weighted by atomic mass is 10.2. The lowest BCUT2D eigenvalue weighted by molar-refractivity contribution is 0.526. The number of nitrogens with one attached hydrogen (secondary N) is 1. The van der Waals surface area contributed by atoms with Gasteiger partial charge in [-0.2, -0.15) is 12.7 Å². The standard InChI is InChI=1S/C14H20N6O2S/c1-19(2)23(21,22)18-13-4-5-14(17-16-13)20(3)11-8-12-6-9-15-10-7-12/h4-7,9-10H,8,11H2,1-3H3,(H,16,18). The molecule has 2 heterocycles. The molecule has 0 aromatic carbocycles.